The normalized spacial score (nSPS) is 17.0. The average molecular weight is 377 g/mol. The van der Waals surface area contributed by atoms with Crippen LogP contribution in [0.25, 0.3) is 0 Å². The summed E-state index contributed by atoms with van der Waals surface area (Å²) >= 11 is 6.02. The highest BCUT2D eigenvalue weighted by molar-refractivity contribution is 6.31. The van der Waals surface area contributed by atoms with Gasteiger partial charge in [-0.1, -0.05) is 11.6 Å². The summed E-state index contributed by atoms with van der Waals surface area (Å²) in [5.41, 5.74) is 0.399. The topological polar surface area (TPSA) is 76.5 Å². The van der Waals surface area contributed by atoms with E-state index in [1.54, 1.807) is 38.4 Å². The van der Waals surface area contributed by atoms with Crippen LogP contribution in [0.5, 0.6) is 5.75 Å². The van der Waals surface area contributed by atoms with Gasteiger partial charge in [0.2, 0.25) is 5.91 Å². The second-order valence-corrected chi connectivity index (χ2v) is 6.71. The van der Waals surface area contributed by atoms with E-state index >= 15 is 0 Å². The number of ether oxygens (including phenoxy) is 1. The summed E-state index contributed by atoms with van der Waals surface area (Å²) < 4.78 is 6.58. The summed E-state index contributed by atoms with van der Waals surface area (Å²) in [6, 6.07) is 8.29. The molecule has 1 atom stereocenters. The van der Waals surface area contributed by atoms with Crippen LogP contribution in [0.1, 0.15) is 12.8 Å². The minimum Gasteiger partial charge on any atom is -0.495 e. The third-order valence-corrected chi connectivity index (χ3v) is 4.72. The third-order valence-electron chi connectivity index (χ3n) is 4.48. The summed E-state index contributed by atoms with van der Waals surface area (Å²) in [7, 11) is 3.16. The van der Waals surface area contributed by atoms with Gasteiger partial charge in [0.1, 0.15) is 11.6 Å². The lowest BCUT2D eigenvalue weighted by Gasteiger charge is -2.32. The molecular weight excluding hydrogens is 356 g/mol. The molecule has 0 spiro atoms. The number of nitrogens with one attached hydrogen (secondary N) is 1. The van der Waals surface area contributed by atoms with E-state index in [0.29, 0.717) is 28.8 Å². The molecule has 138 valence electrons. The van der Waals surface area contributed by atoms with Gasteiger partial charge in [-0.15, -0.1) is 0 Å². The predicted octanol–water partition coefficient (Wildman–Crippen LogP) is 2.30. The largest absolute Gasteiger partial charge is 0.495 e. The number of methoxy groups -OCH3 is 1. The fourth-order valence-electron chi connectivity index (χ4n) is 3.07. The summed E-state index contributed by atoms with van der Waals surface area (Å²) in [5.74, 6) is 0.992. The van der Waals surface area contributed by atoms with Crippen LogP contribution in [-0.2, 0) is 11.8 Å². The van der Waals surface area contributed by atoms with Crippen molar-refractivity contribution in [2.75, 3.05) is 30.4 Å². The van der Waals surface area contributed by atoms with Crippen LogP contribution >= 0.6 is 11.6 Å². The van der Waals surface area contributed by atoms with Crippen LogP contribution in [0.2, 0.25) is 5.02 Å². The number of hydrogen-bond acceptors (Lipinski definition) is 5. The molecule has 8 heteroatoms. The Labute approximate surface area is 156 Å². The summed E-state index contributed by atoms with van der Waals surface area (Å²) in [6.45, 7) is 1.34. The van der Waals surface area contributed by atoms with E-state index in [9.17, 15) is 9.59 Å². The van der Waals surface area contributed by atoms with E-state index in [4.69, 9.17) is 16.3 Å². The van der Waals surface area contributed by atoms with Crippen molar-refractivity contribution in [3.63, 3.8) is 0 Å². The van der Waals surface area contributed by atoms with Gasteiger partial charge in [-0.3, -0.25) is 9.59 Å². The molecule has 0 radical (unpaired) electrons. The highest BCUT2D eigenvalue weighted by Gasteiger charge is 2.27. The Morgan fingerprint density at radius 1 is 1.35 bits per heavy atom. The first kappa shape index (κ1) is 18.3. The molecule has 3 rings (SSSR count). The van der Waals surface area contributed by atoms with E-state index in [-0.39, 0.29) is 17.4 Å². The van der Waals surface area contributed by atoms with Crippen molar-refractivity contribution in [3.05, 3.63) is 45.7 Å². The zero-order valence-corrected chi connectivity index (χ0v) is 15.5. The fourth-order valence-corrected chi connectivity index (χ4v) is 3.24. The predicted molar refractivity (Wildman–Crippen MR) is 101 cm³/mol. The number of amides is 1. The van der Waals surface area contributed by atoms with Crippen LogP contribution in [-0.4, -0.2) is 35.9 Å². The Hall–Kier alpha value is -2.54. The maximum Gasteiger partial charge on any atom is 0.266 e. The van der Waals surface area contributed by atoms with Gasteiger partial charge in [-0.25, -0.2) is 4.68 Å². The number of anilines is 2. The van der Waals surface area contributed by atoms with Gasteiger partial charge < -0.3 is 15.0 Å². The summed E-state index contributed by atoms with van der Waals surface area (Å²) in [6.07, 6.45) is 1.66. The maximum absolute atomic E-state index is 12.7. The van der Waals surface area contributed by atoms with Gasteiger partial charge in [0.05, 0.1) is 18.7 Å². The lowest BCUT2D eigenvalue weighted by Crippen LogP contribution is -2.41. The highest BCUT2D eigenvalue weighted by atomic mass is 35.5. The molecule has 1 N–H and O–H groups in total. The van der Waals surface area contributed by atoms with E-state index in [0.717, 1.165) is 19.4 Å². The van der Waals surface area contributed by atoms with Crippen molar-refractivity contribution in [3.8, 4) is 5.75 Å². The number of hydrogen-bond donors (Lipinski definition) is 1. The molecule has 1 aliphatic heterocycles. The lowest BCUT2D eigenvalue weighted by molar-refractivity contribution is -0.120. The van der Waals surface area contributed by atoms with Gasteiger partial charge in [0.25, 0.3) is 5.56 Å². The minimum atomic E-state index is -0.188. The SMILES string of the molecule is COc1ccc(Cl)cc1NC(=O)C1CCCN(c2ccc(=O)n(C)n2)C1. The molecule has 2 aromatic rings. The third kappa shape index (κ3) is 3.99. The molecule has 2 heterocycles. The molecular formula is C18H21ClN4O3. The van der Waals surface area contributed by atoms with Crippen molar-refractivity contribution in [1.82, 2.24) is 9.78 Å². The van der Waals surface area contributed by atoms with E-state index in [1.807, 2.05) is 4.90 Å². The lowest BCUT2D eigenvalue weighted by atomic mass is 9.97. The van der Waals surface area contributed by atoms with Crippen LogP contribution in [0.3, 0.4) is 0 Å². The van der Waals surface area contributed by atoms with Crippen LogP contribution < -0.4 is 20.5 Å². The molecule has 1 unspecified atom stereocenters. The van der Waals surface area contributed by atoms with Crippen LogP contribution in [0, 0.1) is 5.92 Å². The molecule has 26 heavy (non-hydrogen) atoms. The fraction of sp³-hybridized carbons (Fsp3) is 0.389. The standard InChI is InChI=1S/C18H21ClN4O3/c1-22-17(24)8-7-16(21-22)23-9-3-4-12(11-23)18(25)20-14-10-13(19)5-6-15(14)26-2/h5-8,10,12H,3-4,9,11H2,1-2H3,(H,20,25). The number of carbonyl (C=O) groups excluding carboxylic acids is 1. The van der Waals surface area contributed by atoms with Crippen molar-refractivity contribution < 1.29 is 9.53 Å². The molecule has 0 bridgehead atoms. The van der Waals surface area contributed by atoms with Crippen LogP contribution in [0.4, 0.5) is 11.5 Å². The number of piperidine rings is 1. The second kappa shape index (κ2) is 7.78. The molecule has 1 amide bonds. The summed E-state index contributed by atoms with van der Waals surface area (Å²) in [4.78, 5) is 26.3. The van der Waals surface area contributed by atoms with Gasteiger partial charge in [-0.2, -0.15) is 5.10 Å². The molecule has 0 saturated carbocycles. The number of rotatable bonds is 4. The molecule has 1 aromatic carbocycles. The summed E-state index contributed by atoms with van der Waals surface area (Å²) in [5, 5.41) is 7.72. The number of aryl methyl sites for hydroxylation is 1. The zero-order chi connectivity index (χ0) is 18.7. The number of nitrogens with zero attached hydrogens (tertiary/aromatic N) is 3. The Bertz CT molecular complexity index is 868. The smallest absolute Gasteiger partial charge is 0.266 e. The highest BCUT2D eigenvalue weighted by Crippen LogP contribution is 2.29. The van der Waals surface area contributed by atoms with Gasteiger partial charge in [0, 0.05) is 31.2 Å². The Balaban J connectivity index is 1.73. The minimum absolute atomic E-state index is 0.0833. The van der Waals surface area contributed by atoms with Gasteiger partial charge >= 0.3 is 0 Å². The number of aromatic nitrogens is 2. The van der Waals surface area contributed by atoms with Crippen molar-refractivity contribution >= 4 is 29.0 Å². The average Bonchev–Trinajstić information content (AvgIpc) is 2.64. The molecule has 1 aromatic heterocycles. The molecule has 7 nitrogen and oxygen atoms in total. The molecule has 1 saturated heterocycles. The second-order valence-electron chi connectivity index (χ2n) is 6.27. The molecule has 0 aliphatic carbocycles. The number of carbonyl (C=O) groups is 1. The van der Waals surface area contributed by atoms with Gasteiger partial charge in [-0.05, 0) is 37.1 Å². The molecule has 1 fully saturated rings. The first-order chi connectivity index (χ1) is 12.5. The number of benzene rings is 1. The molecule has 1 aliphatic rings. The quantitative estimate of drug-likeness (QED) is 0.886. The van der Waals surface area contributed by atoms with Crippen molar-refractivity contribution in [1.29, 1.82) is 0 Å². The Kier molecular flexibility index (Phi) is 5.46. The van der Waals surface area contributed by atoms with Crippen molar-refractivity contribution in [2.24, 2.45) is 13.0 Å². The monoisotopic (exact) mass is 376 g/mol. The first-order valence-corrected chi connectivity index (χ1v) is 8.79. The maximum atomic E-state index is 12.7. The Morgan fingerprint density at radius 3 is 2.88 bits per heavy atom. The van der Waals surface area contributed by atoms with E-state index < -0.39 is 0 Å². The van der Waals surface area contributed by atoms with Gasteiger partial charge in [0.15, 0.2) is 0 Å². The van der Waals surface area contributed by atoms with E-state index in [1.165, 1.54) is 10.7 Å². The van der Waals surface area contributed by atoms with Crippen molar-refractivity contribution in [2.45, 2.75) is 12.8 Å². The van der Waals surface area contributed by atoms with E-state index in [2.05, 4.69) is 10.4 Å². The number of halogens is 1. The first-order valence-electron chi connectivity index (χ1n) is 8.41. The van der Waals surface area contributed by atoms with Crippen LogP contribution in [0.15, 0.2) is 35.1 Å². The zero-order valence-electron chi connectivity index (χ0n) is 14.7. The Morgan fingerprint density at radius 2 is 2.15 bits per heavy atom.